The fourth-order valence-corrected chi connectivity index (χ4v) is 4.76. The lowest BCUT2D eigenvalue weighted by molar-refractivity contribution is -0.0820. The molecule has 0 aromatic heterocycles. The van der Waals surface area contributed by atoms with Crippen molar-refractivity contribution in [1.82, 2.24) is 15.1 Å². The maximum atomic E-state index is 14.7. The summed E-state index contributed by atoms with van der Waals surface area (Å²) in [6, 6.07) is 6.32. The summed E-state index contributed by atoms with van der Waals surface area (Å²) in [5.74, 6) is -3.63. The molecule has 2 aromatic rings. The summed E-state index contributed by atoms with van der Waals surface area (Å²) in [7, 11) is 0. The van der Waals surface area contributed by atoms with Gasteiger partial charge in [0.05, 0.1) is 30.0 Å². The molecular weight excluding hydrogens is 481 g/mol. The highest BCUT2D eigenvalue weighted by atomic mass is 19.2. The van der Waals surface area contributed by atoms with E-state index >= 15 is 0 Å². The van der Waals surface area contributed by atoms with Crippen LogP contribution in [0.4, 0.5) is 24.5 Å². The average Bonchev–Trinajstić information content (AvgIpc) is 3.34. The number of likely N-dealkylation sites (tertiary alicyclic amines) is 2. The second-order valence-electron chi connectivity index (χ2n) is 10.5. The first kappa shape index (κ1) is 28.9. The first-order chi connectivity index (χ1) is 17.5. The number of nitrogens with zero attached hydrogens (tertiary/aromatic N) is 2. The molecule has 9 heteroatoms. The lowest BCUT2D eigenvalue weighted by atomic mass is 9.91. The van der Waals surface area contributed by atoms with Gasteiger partial charge in [-0.05, 0) is 76.5 Å². The zero-order valence-corrected chi connectivity index (χ0v) is 22.4. The Morgan fingerprint density at radius 1 is 1.05 bits per heavy atom. The third kappa shape index (κ3) is 7.03. The van der Waals surface area contributed by atoms with E-state index in [1.807, 2.05) is 13.8 Å². The number of rotatable bonds is 8. The normalized spacial score (nSPS) is 17.2. The molecule has 0 saturated carbocycles. The lowest BCUT2D eigenvalue weighted by Gasteiger charge is -2.48. The van der Waals surface area contributed by atoms with Crippen LogP contribution in [0.2, 0.25) is 0 Å². The smallest absolute Gasteiger partial charge is 0.256 e. The summed E-state index contributed by atoms with van der Waals surface area (Å²) < 4.78 is 43.0. The SMILES string of the molecule is CC.Cc1ccc(Nc2c(C(=O)N3CC(O)(CNC(C)(C)CN4CCCC4)C3)ccc(F)c2F)c(F)c1. The van der Waals surface area contributed by atoms with Crippen molar-refractivity contribution in [2.75, 3.05) is 44.6 Å². The quantitative estimate of drug-likeness (QED) is 0.465. The van der Waals surface area contributed by atoms with Crippen molar-refractivity contribution < 1.29 is 23.1 Å². The predicted molar refractivity (Wildman–Crippen MR) is 141 cm³/mol. The summed E-state index contributed by atoms with van der Waals surface area (Å²) in [5.41, 5.74) is -1.29. The number of carbonyl (C=O) groups excluding carboxylic acids is 1. The van der Waals surface area contributed by atoms with Gasteiger partial charge in [-0.15, -0.1) is 0 Å². The second-order valence-corrected chi connectivity index (χ2v) is 10.5. The van der Waals surface area contributed by atoms with E-state index in [-0.39, 0.29) is 29.9 Å². The molecule has 2 fully saturated rings. The number of halogens is 3. The summed E-state index contributed by atoms with van der Waals surface area (Å²) in [6.07, 6.45) is 2.41. The molecule has 204 valence electrons. The van der Waals surface area contributed by atoms with E-state index in [0.29, 0.717) is 12.1 Å². The number of nitrogens with one attached hydrogen (secondary N) is 2. The van der Waals surface area contributed by atoms with Gasteiger partial charge in [-0.1, -0.05) is 19.9 Å². The number of carbonyl (C=O) groups is 1. The van der Waals surface area contributed by atoms with Crippen LogP contribution in [0.25, 0.3) is 0 Å². The molecule has 4 rings (SSSR count). The number of β-amino-alcohol motifs (C(OH)–C–C–N with tert-alkyl or cyclic N) is 1. The molecule has 6 nitrogen and oxygen atoms in total. The van der Waals surface area contributed by atoms with E-state index in [0.717, 1.165) is 25.7 Å². The number of aryl methyl sites for hydroxylation is 1. The van der Waals surface area contributed by atoms with Crippen LogP contribution in [-0.4, -0.2) is 71.2 Å². The molecule has 0 spiro atoms. The third-order valence-corrected chi connectivity index (χ3v) is 6.68. The van der Waals surface area contributed by atoms with Crippen LogP contribution in [0.5, 0.6) is 0 Å². The average molecular weight is 521 g/mol. The fourth-order valence-electron chi connectivity index (χ4n) is 4.76. The first-order valence-corrected chi connectivity index (χ1v) is 13.0. The van der Waals surface area contributed by atoms with Gasteiger partial charge in [0.25, 0.3) is 5.91 Å². The van der Waals surface area contributed by atoms with Crippen molar-refractivity contribution in [2.24, 2.45) is 0 Å². The fraction of sp³-hybridized carbons (Fsp3) is 0.536. The van der Waals surface area contributed by atoms with Gasteiger partial charge in [0.15, 0.2) is 11.6 Å². The molecule has 2 saturated heterocycles. The number of benzene rings is 2. The second kappa shape index (κ2) is 11.8. The monoisotopic (exact) mass is 520 g/mol. The molecule has 2 aliphatic rings. The molecule has 0 aliphatic carbocycles. The molecular formula is C28H39F3N4O2. The topological polar surface area (TPSA) is 67.8 Å². The van der Waals surface area contributed by atoms with Crippen LogP contribution in [0, 0.1) is 24.4 Å². The van der Waals surface area contributed by atoms with Crippen molar-refractivity contribution >= 4 is 17.3 Å². The minimum Gasteiger partial charge on any atom is -0.385 e. The Kier molecular flexibility index (Phi) is 9.26. The van der Waals surface area contributed by atoms with Gasteiger partial charge >= 0.3 is 0 Å². The van der Waals surface area contributed by atoms with Crippen molar-refractivity contribution in [2.45, 2.75) is 58.6 Å². The highest BCUT2D eigenvalue weighted by Crippen LogP contribution is 2.31. The van der Waals surface area contributed by atoms with Gasteiger partial charge in [0.2, 0.25) is 0 Å². The maximum absolute atomic E-state index is 14.7. The Morgan fingerprint density at radius 3 is 2.32 bits per heavy atom. The molecule has 0 bridgehead atoms. The van der Waals surface area contributed by atoms with Gasteiger partial charge in [0.1, 0.15) is 11.4 Å². The van der Waals surface area contributed by atoms with Crippen molar-refractivity contribution in [1.29, 1.82) is 0 Å². The van der Waals surface area contributed by atoms with Gasteiger partial charge < -0.3 is 25.5 Å². The Labute approximate surface area is 217 Å². The van der Waals surface area contributed by atoms with Crippen LogP contribution in [0.3, 0.4) is 0 Å². The van der Waals surface area contributed by atoms with Crippen molar-refractivity contribution in [3.8, 4) is 0 Å². The van der Waals surface area contributed by atoms with Crippen LogP contribution in [-0.2, 0) is 0 Å². The molecule has 1 amide bonds. The highest BCUT2D eigenvalue weighted by Gasteiger charge is 2.45. The summed E-state index contributed by atoms with van der Waals surface area (Å²) in [6.45, 7) is 13.3. The maximum Gasteiger partial charge on any atom is 0.256 e. The van der Waals surface area contributed by atoms with Gasteiger partial charge in [-0.2, -0.15) is 0 Å². The molecule has 2 aromatic carbocycles. The zero-order chi connectivity index (χ0) is 27.4. The standard InChI is InChI=1S/C26H33F3N4O2.C2H6/c1-17-6-9-21(20(28)12-17)31-23-18(7-8-19(27)22(23)29)24(34)33-15-26(35,16-33)13-30-25(2,3)14-32-10-4-5-11-32;1-2/h6-9,12,30-31,35H,4-5,10-11,13-16H2,1-3H3;1-2H3. The summed E-state index contributed by atoms with van der Waals surface area (Å²) >= 11 is 0. The van der Waals surface area contributed by atoms with E-state index in [1.165, 1.54) is 35.9 Å². The van der Waals surface area contributed by atoms with Crippen molar-refractivity contribution in [3.63, 3.8) is 0 Å². The molecule has 3 N–H and O–H groups in total. The molecule has 2 aliphatic heterocycles. The van der Waals surface area contributed by atoms with E-state index in [4.69, 9.17) is 0 Å². The number of amides is 1. The summed E-state index contributed by atoms with van der Waals surface area (Å²) in [5, 5.41) is 16.8. The number of hydrogen-bond donors (Lipinski definition) is 3. The molecule has 0 atom stereocenters. The van der Waals surface area contributed by atoms with E-state index in [2.05, 4.69) is 29.4 Å². The third-order valence-electron chi connectivity index (χ3n) is 6.68. The Hall–Kier alpha value is -2.62. The predicted octanol–water partition coefficient (Wildman–Crippen LogP) is 4.83. The Morgan fingerprint density at radius 2 is 1.70 bits per heavy atom. The molecule has 0 unspecified atom stereocenters. The largest absolute Gasteiger partial charge is 0.385 e. The van der Waals surface area contributed by atoms with Gasteiger partial charge in [-0.25, -0.2) is 13.2 Å². The van der Waals surface area contributed by atoms with Crippen LogP contribution in [0.1, 0.15) is 56.5 Å². The minimum atomic E-state index is -1.27. The molecule has 37 heavy (non-hydrogen) atoms. The molecule has 0 radical (unpaired) electrons. The Balaban J connectivity index is 0.00000186. The number of aliphatic hydroxyl groups is 1. The highest BCUT2D eigenvalue weighted by molar-refractivity contribution is 6.01. The lowest BCUT2D eigenvalue weighted by Crippen LogP contribution is -2.69. The van der Waals surface area contributed by atoms with E-state index in [9.17, 15) is 23.1 Å². The molecule has 2 heterocycles. The van der Waals surface area contributed by atoms with E-state index in [1.54, 1.807) is 13.0 Å². The van der Waals surface area contributed by atoms with Crippen LogP contribution >= 0.6 is 0 Å². The van der Waals surface area contributed by atoms with E-state index < -0.39 is 34.6 Å². The van der Waals surface area contributed by atoms with Crippen molar-refractivity contribution in [3.05, 3.63) is 58.9 Å². The zero-order valence-electron chi connectivity index (χ0n) is 22.4. The first-order valence-electron chi connectivity index (χ1n) is 13.0. The number of hydrogen-bond acceptors (Lipinski definition) is 5. The number of anilines is 2. The van der Waals surface area contributed by atoms with Crippen LogP contribution < -0.4 is 10.6 Å². The summed E-state index contributed by atoms with van der Waals surface area (Å²) in [4.78, 5) is 16.9. The van der Waals surface area contributed by atoms with Crippen LogP contribution in [0.15, 0.2) is 30.3 Å². The van der Waals surface area contributed by atoms with Gasteiger partial charge in [-0.3, -0.25) is 4.79 Å². The Bertz CT molecular complexity index is 1100. The van der Waals surface area contributed by atoms with Gasteiger partial charge in [0, 0.05) is 18.6 Å². The minimum absolute atomic E-state index is 0.0515.